The lowest BCUT2D eigenvalue weighted by atomic mass is 10.2. The van der Waals surface area contributed by atoms with Crippen molar-refractivity contribution in [3.05, 3.63) is 18.2 Å². The molecule has 1 heterocycles. The number of halogens is 3. The van der Waals surface area contributed by atoms with Crippen molar-refractivity contribution in [3.63, 3.8) is 0 Å². The van der Waals surface area contributed by atoms with E-state index in [4.69, 9.17) is 9.47 Å². The zero-order valence-corrected chi connectivity index (χ0v) is 14.5. The summed E-state index contributed by atoms with van der Waals surface area (Å²) in [6, 6.07) is 3.82. The summed E-state index contributed by atoms with van der Waals surface area (Å²) in [5.41, 5.74) is 0.427. The van der Waals surface area contributed by atoms with Crippen LogP contribution in [0, 0.1) is 0 Å². The smallest absolute Gasteiger partial charge is 0.262 e. The second-order valence-electron chi connectivity index (χ2n) is 5.36. The third kappa shape index (κ3) is 6.02. The highest BCUT2D eigenvalue weighted by Crippen LogP contribution is 2.26. The molecule has 0 aromatic heterocycles. The summed E-state index contributed by atoms with van der Waals surface area (Å²) in [6.45, 7) is -0.872. The average molecular weight is 380 g/mol. The van der Waals surface area contributed by atoms with Crippen molar-refractivity contribution >= 4 is 29.9 Å². The summed E-state index contributed by atoms with van der Waals surface area (Å²) in [5, 5.41) is 7.33. The van der Waals surface area contributed by atoms with Gasteiger partial charge in [0.1, 0.15) is 11.5 Å². The van der Waals surface area contributed by atoms with Gasteiger partial charge in [-0.3, -0.25) is 14.9 Å². The maximum atomic E-state index is 13.0. The van der Waals surface area contributed by atoms with E-state index in [0.717, 1.165) is 0 Å². The number of benzene rings is 1. The molecule has 0 bridgehead atoms. The van der Waals surface area contributed by atoms with Gasteiger partial charge in [0.15, 0.2) is 0 Å². The first-order valence-electron chi connectivity index (χ1n) is 7.25. The summed E-state index contributed by atoms with van der Waals surface area (Å²) in [6.07, 6.45) is -0.576. The lowest BCUT2D eigenvalue weighted by Gasteiger charge is -2.12. The fourth-order valence-electron chi connectivity index (χ4n) is 2.28. The first-order valence-corrected chi connectivity index (χ1v) is 7.25. The molecule has 1 atom stereocenters. The Bertz CT molecular complexity index is 609. The Morgan fingerprint density at radius 1 is 1.24 bits per heavy atom. The van der Waals surface area contributed by atoms with Gasteiger partial charge in [0.25, 0.3) is 5.92 Å². The van der Waals surface area contributed by atoms with Gasteiger partial charge in [-0.25, -0.2) is 8.78 Å². The lowest BCUT2D eigenvalue weighted by molar-refractivity contribution is -0.125. The largest absolute Gasteiger partial charge is 0.497 e. The Balaban J connectivity index is 0.00000312. The van der Waals surface area contributed by atoms with Crippen LogP contribution in [0.3, 0.4) is 0 Å². The fraction of sp³-hybridized carbons (Fsp3) is 0.467. The summed E-state index contributed by atoms with van der Waals surface area (Å²) in [5.74, 6) is -3.05. The standard InChI is InChI=1S/C15H19F2N3O4.ClH/c1-23-10-3-9(4-11(5-10)24-2)20-13(21)7-18-14(22)12-6-15(16,17)8-19-12;/h3-5,12,19H,6-8H2,1-2H3,(H,18,22)(H,20,21);1H. The van der Waals surface area contributed by atoms with Crippen LogP contribution in [-0.2, 0) is 9.59 Å². The Hall–Kier alpha value is -2.13. The Morgan fingerprint density at radius 2 is 1.84 bits per heavy atom. The molecule has 1 aliphatic rings. The van der Waals surface area contributed by atoms with Gasteiger partial charge in [0.2, 0.25) is 11.8 Å². The van der Waals surface area contributed by atoms with Crippen molar-refractivity contribution in [2.24, 2.45) is 0 Å². The molecule has 1 aromatic rings. The molecule has 10 heteroatoms. The van der Waals surface area contributed by atoms with Crippen LogP contribution in [0.5, 0.6) is 11.5 Å². The van der Waals surface area contributed by atoms with Crippen molar-refractivity contribution in [1.29, 1.82) is 0 Å². The quantitative estimate of drug-likeness (QED) is 0.690. The summed E-state index contributed by atoms with van der Waals surface area (Å²) >= 11 is 0. The number of ether oxygens (including phenoxy) is 2. The minimum atomic E-state index is -2.90. The Kier molecular flexibility index (Phi) is 7.38. The zero-order chi connectivity index (χ0) is 17.7. The molecule has 0 aliphatic carbocycles. The highest BCUT2D eigenvalue weighted by atomic mass is 35.5. The number of methoxy groups -OCH3 is 2. The number of alkyl halides is 2. The first-order chi connectivity index (χ1) is 11.3. The van der Waals surface area contributed by atoms with E-state index in [0.29, 0.717) is 17.2 Å². The van der Waals surface area contributed by atoms with Crippen LogP contribution < -0.4 is 25.4 Å². The molecule has 1 saturated heterocycles. The molecular formula is C15H20ClF2N3O4. The normalized spacial score (nSPS) is 18.0. The van der Waals surface area contributed by atoms with Gasteiger partial charge in [-0.05, 0) is 0 Å². The molecule has 25 heavy (non-hydrogen) atoms. The SMILES string of the molecule is COc1cc(NC(=O)CNC(=O)C2CC(F)(F)CN2)cc(OC)c1.Cl. The van der Waals surface area contributed by atoms with E-state index >= 15 is 0 Å². The third-order valence-corrected chi connectivity index (χ3v) is 3.48. The zero-order valence-electron chi connectivity index (χ0n) is 13.7. The van der Waals surface area contributed by atoms with Crippen LogP contribution in [0.25, 0.3) is 0 Å². The maximum absolute atomic E-state index is 13.0. The minimum absolute atomic E-state index is 0. The number of carbonyl (C=O) groups excluding carboxylic acids is 2. The third-order valence-electron chi connectivity index (χ3n) is 3.48. The van der Waals surface area contributed by atoms with Crippen molar-refractivity contribution in [2.75, 3.05) is 32.6 Å². The number of hydrogen-bond acceptors (Lipinski definition) is 5. The summed E-state index contributed by atoms with van der Waals surface area (Å²) in [4.78, 5) is 23.6. The Labute approximate surface area is 149 Å². The fourth-order valence-corrected chi connectivity index (χ4v) is 2.28. The van der Waals surface area contributed by atoms with E-state index < -0.39 is 36.7 Å². The molecule has 1 fully saturated rings. The van der Waals surface area contributed by atoms with Crippen molar-refractivity contribution in [3.8, 4) is 11.5 Å². The molecule has 7 nitrogen and oxygen atoms in total. The van der Waals surface area contributed by atoms with Crippen LogP contribution in [0.2, 0.25) is 0 Å². The first kappa shape index (κ1) is 20.9. The Morgan fingerprint density at radius 3 is 2.32 bits per heavy atom. The van der Waals surface area contributed by atoms with E-state index in [2.05, 4.69) is 16.0 Å². The maximum Gasteiger partial charge on any atom is 0.262 e. The average Bonchev–Trinajstić information content (AvgIpc) is 2.92. The monoisotopic (exact) mass is 379 g/mol. The van der Waals surface area contributed by atoms with Gasteiger partial charge >= 0.3 is 0 Å². The van der Waals surface area contributed by atoms with E-state index in [1.165, 1.54) is 14.2 Å². The second kappa shape index (κ2) is 8.82. The topological polar surface area (TPSA) is 88.7 Å². The number of nitrogens with one attached hydrogen (secondary N) is 3. The van der Waals surface area contributed by atoms with E-state index in [9.17, 15) is 18.4 Å². The molecule has 0 saturated carbocycles. The predicted molar refractivity (Wildman–Crippen MR) is 89.8 cm³/mol. The van der Waals surface area contributed by atoms with E-state index in [-0.39, 0.29) is 19.0 Å². The van der Waals surface area contributed by atoms with Crippen molar-refractivity contribution in [1.82, 2.24) is 10.6 Å². The molecule has 2 amide bonds. The molecule has 1 aliphatic heterocycles. The number of amides is 2. The minimum Gasteiger partial charge on any atom is -0.497 e. The van der Waals surface area contributed by atoms with Gasteiger partial charge in [-0.2, -0.15) is 0 Å². The number of anilines is 1. The molecule has 0 spiro atoms. The van der Waals surface area contributed by atoms with Gasteiger partial charge in [0.05, 0.1) is 33.4 Å². The molecule has 140 valence electrons. The van der Waals surface area contributed by atoms with Gasteiger partial charge in [0, 0.05) is 30.3 Å². The number of rotatable bonds is 6. The van der Waals surface area contributed by atoms with Crippen LogP contribution in [-0.4, -0.2) is 51.1 Å². The molecule has 2 rings (SSSR count). The van der Waals surface area contributed by atoms with Gasteiger partial charge < -0.3 is 20.1 Å². The number of carbonyl (C=O) groups is 2. The predicted octanol–water partition coefficient (Wildman–Crippen LogP) is 1.18. The summed E-state index contributed by atoms with van der Waals surface area (Å²) < 4.78 is 36.2. The highest BCUT2D eigenvalue weighted by Gasteiger charge is 2.42. The van der Waals surface area contributed by atoms with Gasteiger partial charge in [-0.15, -0.1) is 12.4 Å². The molecule has 1 unspecified atom stereocenters. The van der Waals surface area contributed by atoms with Crippen LogP contribution >= 0.6 is 12.4 Å². The molecule has 0 radical (unpaired) electrons. The van der Waals surface area contributed by atoms with Crippen LogP contribution in [0.4, 0.5) is 14.5 Å². The molecule has 3 N–H and O–H groups in total. The second-order valence-corrected chi connectivity index (χ2v) is 5.36. The number of hydrogen-bond donors (Lipinski definition) is 3. The van der Waals surface area contributed by atoms with Crippen LogP contribution in [0.15, 0.2) is 18.2 Å². The van der Waals surface area contributed by atoms with Crippen molar-refractivity contribution < 1.29 is 27.8 Å². The van der Waals surface area contributed by atoms with Crippen LogP contribution in [0.1, 0.15) is 6.42 Å². The van der Waals surface area contributed by atoms with Crippen molar-refractivity contribution in [2.45, 2.75) is 18.4 Å². The van der Waals surface area contributed by atoms with E-state index in [1.54, 1.807) is 18.2 Å². The lowest BCUT2D eigenvalue weighted by Crippen LogP contribution is -2.43. The molecular weight excluding hydrogens is 360 g/mol. The highest BCUT2D eigenvalue weighted by molar-refractivity contribution is 5.95. The van der Waals surface area contributed by atoms with Gasteiger partial charge in [-0.1, -0.05) is 0 Å². The molecule has 1 aromatic carbocycles. The summed E-state index contributed by atoms with van der Waals surface area (Å²) in [7, 11) is 2.95. The van der Waals surface area contributed by atoms with E-state index in [1.807, 2.05) is 0 Å².